The molecule has 0 bridgehead atoms. The number of anilines is 1. The molecule has 0 heterocycles. The van der Waals surface area contributed by atoms with Gasteiger partial charge < -0.3 is 11.1 Å². The molecule has 2 rings (SSSR count). The summed E-state index contributed by atoms with van der Waals surface area (Å²) in [4.78, 5) is 4.37. The van der Waals surface area contributed by atoms with E-state index in [1.54, 1.807) is 0 Å². The Hall–Kier alpha value is -2.29. The van der Waals surface area contributed by atoms with Crippen molar-refractivity contribution in [3.05, 3.63) is 66.2 Å². The maximum atomic E-state index is 5.87. The predicted octanol–water partition coefficient (Wildman–Crippen LogP) is 3.61. The third-order valence-electron chi connectivity index (χ3n) is 3.26. The third-order valence-corrected chi connectivity index (χ3v) is 3.26. The first-order valence-corrected chi connectivity index (χ1v) is 6.92. The van der Waals surface area contributed by atoms with Crippen LogP contribution >= 0.6 is 0 Å². The van der Waals surface area contributed by atoms with Crippen molar-refractivity contribution in [2.24, 2.45) is 10.7 Å². The van der Waals surface area contributed by atoms with Crippen LogP contribution in [0.1, 0.15) is 24.8 Å². The van der Waals surface area contributed by atoms with E-state index in [0.717, 1.165) is 18.7 Å². The van der Waals surface area contributed by atoms with E-state index >= 15 is 0 Å². The molecule has 3 nitrogen and oxygen atoms in total. The monoisotopic (exact) mass is 267 g/mol. The van der Waals surface area contributed by atoms with Gasteiger partial charge in [0, 0.05) is 12.2 Å². The number of hydrogen-bond acceptors (Lipinski definition) is 1. The summed E-state index contributed by atoms with van der Waals surface area (Å²) in [5, 5.41) is 3.08. The minimum absolute atomic E-state index is 0.469. The molecule has 0 spiro atoms. The van der Waals surface area contributed by atoms with Crippen LogP contribution in [0.2, 0.25) is 0 Å². The van der Waals surface area contributed by atoms with Gasteiger partial charge in [0.1, 0.15) is 0 Å². The van der Waals surface area contributed by atoms with Crippen LogP contribution in [0.4, 0.5) is 5.69 Å². The van der Waals surface area contributed by atoms with Crippen molar-refractivity contribution in [2.75, 3.05) is 11.9 Å². The Labute approximate surface area is 120 Å². The van der Waals surface area contributed by atoms with Gasteiger partial charge in [0.15, 0.2) is 5.96 Å². The molecule has 0 aliphatic rings. The van der Waals surface area contributed by atoms with Crippen LogP contribution in [0.15, 0.2) is 65.7 Å². The number of benzene rings is 2. The fraction of sp³-hybridized carbons (Fsp3) is 0.235. The molecule has 0 amide bonds. The molecule has 0 fully saturated rings. The van der Waals surface area contributed by atoms with Crippen LogP contribution < -0.4 is 11.1 Å². The van der Waals surface area contributed by atoms with Crippen molar-refractivity contribution < 1.29 is 0 Å². The van der Waals surface area contributed by atoms with Gasteiger partial charge in [-0.05, 0) is 30.0 Å². The quantitative estimate of drug-likeness (QED) is 0.642. The molecule has 1 atom stereocenters. The van der Waals surface area contributed by atoms with Crippen molar-refractivity contribution in [1.29, 1.82) is 0 Å². The Morgan fingerprint density at radius 3 is 2.30 bits per heavy atom. The number of nitrogens with one attached hydrogen (secondary N) is 1. The normalized spacial score (nSPS) is 12.9. The second kappa shape index (κ2) is 7.34. The lowest BCUT2D eigenvalue weighted by molar-refractivity contribution is 0.691. The first-order chi connectivity index (χ1) is 9.75. The molecule has 20 heavy (non-hydrogen) atoms. The second-order valence-corrected chi connectivity index (χ2v) is 4.86. The lowest BCUT2D eigenvalue weighted by Crippen LogP contribution is -2.22. The number of rotatable bonds is 5. The summed E-state index contributed by atoms with van der Waals surface area (Å²) >= 11 is 0. The summed E-state index contributed by atoms with van der Waals surface area (Å²) in [5.74, 6) is 0.959. The molecule has 3 heteroatoms. The lowest BCUT2D eigenvalue weighted by Gasteiger charge is -2.10. The lowest BCUT2D eigenvalue weighted by atomic mass is 9.98. The van der Waals surface area contributed by atoms with Gasteiger partial charge in [-0.1, -0.05) is 55.5 Å². The van der Waals surface area contributed by atoms with Gasteiger partial charge in [0.2, 0.25) is 0 Å². The maximum absolute atomic E-state index is 5.87. The van der Waals surface area contributed by atoms with Gasteiger partial charge in [-0.15, -0.1) is 0 Å². The smallest absolute Gasteiger partial charge is 0.193 e. The van der Waals surface area contributed by atoms with Crippen LogP contribution in [0.25, 0.3) is 0 Å². The highest BCUT2D eigenvalue weighted by Gasteiger charge is 2.03. The van der Waals surface area contributed by atoms with Gasteiger partial charge in [-0.25, -0.2) is 0 Å². The van der Waals surface area contributed by atoms with E-state index in [2.05, 4.69) is 41.5 Å². The van der Waals surface area contributed by atoms with Crippen LogP contribution in [0.3, 0.4) is 0 Å². The fourth-order valence-corrected chi connectivity index (χ4v) is 2.04. The van der Waals surface area contributed by atoms with Gasteiger partial charge in [-0.2, -0.15) is 0 Å². The van der Waals surface area contributed by atoms with E-state index in [-0.39, 0.29) is 0 Å². The first kappa shape index (κ1) is 14.1. The topological polar surface area (TPSA) is 50.4 Å². The van der Waals surface area contributed by atoms with Crippen LogP contribution in [0.5, 0.6) is 0 Å². The number of nitrogens with two attached hydrogens (primary N) is 1. The summed E-state index contributed by atoms with van der Waals surface area (Å²) in [5.41, 5.74) is 8.18. The van der Waals surface area contributed by atoms with Gasteiger partial charge in [-0.3, -0.25) is 4.99 Å². The van der Waals surface area contributed by atoms with Gasteiger partial charge >= 0.3 is 0 Å². The number of para-hydroxylation sites is 1. The van der Waals surface area contributed by atoms with E-state index in [1.165, 1.54) is 5.56 Å². The molecule has 0 radical (unpaired) electrons. The average Bonchev–Trinajstić information content (AvgIpc) is 2.49. The number of nitrogens with zero attached hydrogens (tertiary/aromatic N) is 1. The molecule has 104 valence electrons. The minimum Gasteiger partial charge on any atom is -0.370 e. The fourth-order valence-electron chi connectivity index (χ4n) is 2.04. The Morgan fingerprint density at radius 2 is 1.65 bits per heavy atom. The van der Waals surface area contributed by atoms with E-state index in [4.69, 9.17) is 5.73 Å². The highest BCUT2D eigenvalue weighted by molar-refractivity contribution is 5.92. The van der Waals surface area contributed by atoms with Crippen LogP contribution in [-0.4, -0.2) is 12.5 Å². The summed E-state index contributed by atoms with van der Waals surface area (Å²) in [7, 11) is 0. The maximum Gasteiger partial charge on any atom is 0.193 e. The predicted molar refractivity (Wildman–Crippen MR) is 86.0 cm³/mol. The molecule has 0 aromatic heterocycles. The Bertz CT molecular complexity index is 535. The number of aliphatic imine (C=N–C) groups is 1. The molecular weight excluding hydrogens is 246 g/mol. The van der Waals surface area contributed by atoms with Crippen molar-refractivity contribution in [1.82, 2.24) is 0 Å². The third kappa shape index (κ3) is 4.43. The van der Waals surface area contributed by atoms with Crippen molar-refractivity contribution >= 4 is 11.6 Å². The molecule has 0 saturated heterocycles. The van der Waals surface area contributed by atoms with Crippen molar-refractivity contribution in [3.63, 3.8) is 0 Å². The SMILES string of the molecule is CC(CCN=C(N)Nc1ccccc1)c1ccccc1. The zero-order valence-corrected chi connectivity index (χ0v) is 11.8. The summed E-state index contributed by atoms with van der Waals surface area (Å²) in [6.45, 7) is 2.94. The standard InChI is InChI=1S/C17H21N3/c1-14(15-8-4-2-5-9-15)12-13-19-17(18)20-16-10-6-3-7-11-16/h2-11,14H,12-13H2,1H3,(H3,18,19,20). The molecule has 2 aromatic rings. The van der Waals surface area contributed by atoms with E-state index in [1.807, 2.05) is 36.4 Å². The average molecular weight is 267 g/mol. The van der Waals surface area contributed by atoms with E-state index in [9.17, 15) is 0 Å². The summed E-state index contributed by atoms with van der Waals surface area (Å²) in [6, 6.07) is 20.3. The Morgan fingerprint density at radius 1 is 1.05 bits per heavy atom. The molecule has 0 aliphatic carbocycles. The highest BCUT2D eigenvalue weighted by Crippen LogP contribution is 2.18. The Balaban J connectivity index is 1.81. The van der Waals surface area contributed by atoms with Gasteiger partial charge in [0.25, 0.3) is 0 Å². The molecule has 0 aliphatic heterocycles. The number of hydrogen-bond donors (Lipinski definition) is 2. The first-order valence-electron chi connectivity index (χ1n) is 6.92. The largest absolute Gasteiger partial charge is 0.370 e. The summed E-state index contributed by atoms with van der Waals surface area (Å²) in [6.07, 6.45) is 0.987. The van der Waals surface area contributed by atoms with Crippen LogP contribution in [0, 0.1) is 0 Å². The molecule has 2 aromatic carbocycles. The number of guanidine groups is 1. The summed E-state index contributed by atoms with van der Waals surface area (Å²) < 4.78 is 0. The van der Waals surface area contributed by atoms with Crippen molar-refractivity contribution in [2.45, 2.75) is 19.3 Å². The molecule has 3 N–H and O–H groups in total. The molecule has 1 unspecified atom stereocenters. The van der Waals surface area contributed by atoms with Crippen molar-refractivity contribution in [3.8, 4) is 0 Å². The Kier molecular flexibility index (Phi) is 5.18. The van der Waals surface area contributed by atoms with Crippen LogP contribution in [-0.2, 0) is 0 Å². The zero-order valence-electron chi connectivity index (χ0n) is 11.8. The van der Waals surface area contributed by atoms with E-state index in [0.29, 0.717) is 11.9 Å². The zero-order chi connectivity index (χ0) is 14.2. The molecule has 0 saturated carbocycles. The van der Waals surface area contributed by atoms with Gasteiger partial charge in [0.05, 0.1) is 0 Å². The minimum atomic E-state index is 0.469. The highest BCUT2D eigenvalue weighted by atomic mass is 15.1. The van der Waals surface area contributed by atoms with E-state index < -0.39 is 0 Å². The second-order valence-electron chi connectivity index (χ2n) is 4.86. The molecular formula is C17H21N3.